The number of amides is 3. The molecule has 1 fully saturated rings. The number of nitrogens with zero attached hydrogens (tertiary/aromatic N) is 4. The van der Waals surface area contributed by atoms with Crippen molar-refractivity contribution in [2.24, 2.45) is 0 Å². The van der Waals surface area contributed by atoms with Gasteiger partial charge < -0.3 is 26.4 Å². The molecule has 5 N–H and O–H groups in total. The number of nitrogen functional groups attached to an aromatic ring is 1. The van der Waals surface area contributed by atoms with Crippen molar-refractivity contribution in [3.8, 4) is 11.1 Å². The van der Waals surface area contributed by atoms with E-state index < -0.39 is 41.2 Å². The summed E-state index contributed by atoms with van der Waals surface area (Å²) < 4.78 is 69.4. The number of nitrogens with two attached hydrogens (primary N) is 1. The van der Waals surface area contributed by atoms with Gasteiger partial charge in [0, 0.05) is 30.3 Å². The van der Waals surface area contributed by atoms with Gasteiger partial charge in [0.15, 0.2) is 5.82 Å². The normalized spacial score (nSPS) is 15.4. The molecule has 15 heteroatoms. The Kier molecular flexibility index (Phi) is 6.65. The van der Waals surface area contributed by atoms with E-state index in [9.17, 15) is 32.3 Å². The lowest BCUT2D eigenvalue weighted by atomic mass is 10.0. The quantitative estimate of drug-likeness (QED) is 0.247. The van der Waals surface area contributed by atoms with Crippen LogP contribution in [-0.4, -0.2) is 49.8 Å². The third-order valence-corrected chi connectivity index (χ3v) is 6.56. The molecule has 5 rings (SSSR count). The second-order valence-corrected chi connectivity index (χ2v) is 9.07. The standard InChI is InChI=1S/C25H20F5N7O3/c26-16-3-2-14(25(28,29)30)8-19(16)35-23(38)34-18-4-1-12(7-17(18)27)15-9-20(13-5-6-36(10-13)24(39)40)37-21(15)22(31)32-11-33-37/h1-4,7-9,11,13H,5-6,10H2,(H,39,40)(H2,31,32,33)(H2,34,35,38). The minimum Gasteiger partial charge on any atom is -0.465 e. The SMILES string of the molecule is Nc1ncnn2c(C3CCN(C(=O)O)C3)cc(-c3ccc(NC(=O)Nc4cc(C(F)(F)F)ccc4F)c(F)c3)c12. The first-order valence-electron chi connectivity index (χ1n) is 11.8. The van der Waals surface area contributed by atoms with Crippen LogP contribution in [0.3, 0.4) is 0 Å². The molecule has 10 nitrogen and oxygen atoms in total. The molecule has 40 heavy (non-hydrogen) atoms. The van der Waals surface area contributed by atoms with E-state index in [2.05, 4.69) is 15.4 Å². The molecule has 0 aliphatic carbocycles. The molecule has 208 valence electrons. The van der Waals surface area contributed by atoms with Crippen LogP contribution in [0.15, 0.2) is 48.8 Å². The third-order valence-electron chi connectivity index (χ3n) is 6.56. The Morgan fingerprint density at radius 3 is 2.45 bits per heavy atom. The lowest BCUT2D eigenvalue weighted by Gasteiger charge is -2.12. The maximum atomic E-state index is 15.1. The molecule has 1 saturated heterocycles. The number of likely N-dealkylation sites (tertiary alicyclic amines) is 1. The summed E-state index contributed by atoms with van der Waals surface area (Å²) in [6.45, 7) is 0.578. The van der Waals surface area contributed by atoms with Gasteiger partial charge in [0.1, 0.15) is 23.5 Å². The van der Waals surface area contributed by atoms with Gasteiger partial charge in [-0.2, -0.15) is 18.3 Å². The van der Waals surface area contributed by atoms with E-state index >= 15 is 4.39 Å². The fraction of sp³-hybridized carbons (Fsp3) is 0.200. The lowest BCUT2D eigenvalue weighted by Crippen LogP contribution is -2.26. The first-order valence-corrected chi connectivity index (χ1v) is 11.8. The topological polar surface area (TPSA) is 138 Å². The van der Waals surface area contributed by atoms with Crippen LogP contribution in [0.1, 0.15) is 23.6 Å². The van der Waals surface area contributed by atoms with Crippen LogP contribution in [0, 0.1) is 11.6 Å². The number of alkyl halides is 3. The van der Waals surface area contributed by atoms with Gasteiger partial charge in [0.05, 0.1) is 16.9 Å². The number of carbonyl (C=O) groups excluding carboxylic acids is 1. The van der Waals surface area contributed by atoms with Crippen LogP contribution < -0.4 is 16.4 Å². The molecule has 0 bridgehead atoms. The second-order valence-electron chi connectivity index (χ2n) is 9.07. The highest BCUT2D eigenvalue weighted by atomic mass is 19.4. The summed E-state index contributed by atoms with van der Waals surface area (Å²) in [6.07, 6.45) is -4.00. The van der Waals surface area contributed by atoms with E-state index in [1.165, 1.54) is 27.9 Å². The Balaban J connectivity index is 1.41. The number of rotatable bonds is 4. The van der Waals surface area contributed by atoms with Crippen molar-refractivity contribution in [2.75, 3.05) is 29.5 Å². The zero-order valence-electron chi connectivity index (χ0n) is 20.3. The van der Waals surface area contributed by atoms with Gasteiger partial charge in [-0.15, -0.1) is 0 Å². The Morgan fingerprint density at radius 2 is 1.77 bits per heavy atom. The highest BCUT2D eigenvalue weighted by Crippen LogP contribution is 2.37. The largest absolute Gasteiger partial charge is 0.465 e. The molecule has 1 aliphatic heterocycles. The smallest absolute Gasteiger partial charge is 0.416 e. The number of hydrogen-bond donors (Lipinski definition) is 4. The van der Waals surface area contributed by atoms with Crippen molar-refractivity contribution < 1.29 is 36.6 Å². The van der Waals surface area contributed by atoms with Crippen molar-refractivity contribution in [2.45, 2.75) is 18.5 Å². The van der Waals surface area contributed by atoms with Crippen LogP contribution in [0.25, 0.3) is 16.6 Å². The van der Waals surface area contributed by atoms with E-state index in [-0.39, 0.29) is 24.0 Å². The number of fused-ring (bicyclic) bond motifs is 1. The number of carboxylic acid groups (broad SMARTS) is 1. The lowest BCUT2D eigenvalue weighted by molar-refractivity contribution is -0.137. The number of hydrogen-bond acceptors (Lipinski definition) is 5. The maximum Gasteiger partial charge on any atom is 0.416 e. The van der Waals surface area contributed by atoms with Crippen LogP contribution in [-0.2, 0) is 6.18 Å². The molecule has 0 spiro atoms. The Bertz CT molecular complexity index is 1640. The molecular formula is C25H20F5N7O3. The zero-order valence-corrected chi connectivity index (χ0v) is 20.3. The number of aromatic nitrogens is 3. The first kappa shape index (κ1) is 26.6. The molecule has 4 aromatic rings. The Labute approximate surface area is 222 Å². The average Bonchev–Trinajstić information content (AvgIpc) is 3.52. The predicted molar refractivity (Wildman–Crippen MR) is 134 cm³/mol. The number of nitrogens with one attached hydrogen (secondary N) is 2. The molecule has 1 unspecified atom stereocenters. The summed E-state index contributed by atoms with van der Waals surface area (Å²) in [6, 6.07) is 5.86. The third kappa shape index (κ3) is 5.04. The first-order chi connectivity index (χ1) is 18.9. The summed E-state index contributed by atoms with van der Waals surface area (Å²) in [4.78, 5) is 29.0. The van der Waals surface area contributed by atoms with E-state index in [4.69, 9.17) is 5.73 Å². The van der Waals surface area contributed by atoms with Crippen LogP contribution in [0.4, 0.5) is 48.7 Å². The van der Waals surface area contributed by atoms with Gasteiger partial charge in [-0.05, 0) is 48.4 Å². The van der Waals surface area contributed by atoms with E-state index in [1.807, 2.05) is 5.32 Å². The van der Waals surface area contributed by atoms with Gasteiger partial charge in [-0.3, -0.25) is 0 Å². The summed E-state index contributed by atoms with van der Waals surface area (Å²) >= 11 is 0. The Hall–Kier alpha value is -4.95. The molecule has 3 heterocycles. The molecule has 2 aromatic heterocycles. The van der Waals surface area contributed by atoms with Crippen LogP contribution in [0.5, 0.6) is 0 Å². The zero-order chi connectivity index (χ0) is 28.8. The maximum absolute atomic E-state index is 15.1. The fourth-order valence-electron chi connectivity index (χ4n) is 4.64. The van der Waals surface area contributed by atoms with E-state index in [0.717, 1.165) is 6.07 Å². The van der Waals surface area contributed by atoms with Gasteiger partial charge in [0.2, 0.25) is 0 Å². The number of urea groups is 1. The van der Waals surface area contributed by atoms with Gasteiger partial charge in [-0.1, -0.05) is 6.07 Å². The average molecular weight is 561 g/mol. The highest BCUT2D eigenvalue weighted by molar-refractivity contribution is 6.00. The van der Waals surface area contributed by atoms with Crippen molar-refractivity contribution in [3.63, 3.8) is 0 Å². The predicted octanol–water partition coefficient (Wildman–Crippen LogP) is 5.39. The summed E-state index contributed by atoms with van der Waals surface area (Å²) in [5.41, 5.74) is 5.71. The van der Waals surface area contributed by atoms with Crippen molar-refractivity contribution in [1.29, 1.82) is 0 Å². The minimum atomic E-state index is -4.76. The van der Waals surface area contributed by atoms with E-state index in [1.54, 1.807) is 6.07 Å². The number of benzene rings is 2. The number of carbonyl (C=O) groups is 2. The van der Waals surface area contributed by atoms with Gasteiger partial charge in [-0.25, -0.2) is 27.9 Å². The molecule has 1 aliphatic rings. The molecular weight excluding hydrogens is 541 g/mol. The minimum absolute atomic E-state index is 0.106. The summed E-state index contributed by atoms with van der Waals surface area (Å²) in [5, 5.41) is 17.7. The van der Waals surface area contributed by atoms with Crippen molar-refractivity contribution in [1.82, 2.24) is 19.5 Å². The molecule has 0 radical (unpaired) electrons. The van der Waals surface area contributed by atoms with E-state index in [0.29, 0.717) is 53.5 Å². The van der Waals surface area contributed by atoms with Gasteiger partial charge in [0.25, 0.3) is 0 Å². The van der Waals surface area contributed by atoms with Crippen molar-refractivity contribution in [3.05, 3.63) is 71.7 Å². The van der Waals surface area contributed by atoms with Crippen LogP contribution >= 0.6 is 0 Å². The molecule has 2 aromatic carbocycles. The van der Waals surface area contributed by atoms with Gasteiger partial charge >= 0.3 is 18.3 Å². The Morgan fingerprint density at radius 1 is 1.02 bits per heavy atom. The van der Waals surface area contributed by atoms with Crippen molar-refractivity contribution >= 4 is 34.8 Å². The number of anilines is 3. The fourth-order valence-corrected chi connectivity index (χ4v) is 4.64. The molecule has 1 atom stereocenters. The monoisotopic (exact) mass is 561 g/mol. The highest BCUT2D eigenvalue weighted by Gasteiger charge is 2.32. The van der Waals surface area contributed by atoms with Crippen LogP contribution in [0.2, 0.25) is 0 Å². The summed E-state index contributed by atoms with van der Waals surface area (Å²) in [7, 11) is 0. The number of halogens is 5. The molecule has 0 saturated carbocycles. The summed E-state index contributed by atoms with van der Waals surface area (Å²) in [5.74, 6) is -2.10. The molecule has 3 amide bonds. The second kappa shape index (κ2) is 9.98.